The third-order valence-electron chi connectivity index (χ3n) is 4.74. The Balaban J connectivity index is 1.49. The molecule has 6 nitrogen and oxygen atoms in total. The fraction of sp³-hybridized carbons (Fsp3) is 0.0833. The summed E-state index contributed by atoms with van der Waals surface area (Å²) in [5.74, 6) is 0.0433. The number of rotatable bonds is 7. The van der Waals surface area contributed by atoms with Gasteiger partial charge in [0.25, 0.3) is 5.91 Å². The molecule has 0 spiro atoms. The van der Waals surface area contributed by atoms with Crippen LogP contribution in [0.3, 0.4) is 0 Å². The van der Waals surface area contributed by atoms with Gasteiger partial charge in [-0.1, -0.05) is 76.2 Å². The van der Waals surface area contributed by atoms with E-state index in [1.807, 2.05) is 59.2 Å². The number of alkyl halides is 3. The first-order chi connectivity index (χ1) is 16.8. The molecule has 0 aliphatic heterocycles. The molecule has 0 saturated heterocycles. The predicted octanol–water partition coefficient (Wildman–Crippen LogP) is 5.96. The Hall–Kier alpha value is -3.44. The molecule has 0 saturated carbocycles. The molecule has 0 aliphatic rings. The normalized spacial score (nSPS) is 11.7. The summed E-state index contributed by atoms with van der Waals surface area (Å²) in [5, 5.41) is 12.7. The van der Waals surface area contributed by atoms with Gasteiger partial charge in [0.1, 0.15) is 0 Å². The van der Waals surface area contributed by atoms with Gasteiger partial charge in [-0.3, -0.25) is 9.36 Å². The number of nitrogens with one attached hydrogen (secondary N) is 1. The van der Waals surface area contributed by atoms with Gasteiger partial charge >= 0.3 is 6.18 Å². The maximum atomic E-state index is 13.1. The van der Waals surface area contributed by atoms with Crippen LogP contribution in [0.1, 0.15) is 11.1 Å². The molecule has 3 aromatic carbocycles. The molecule has 1 aromatic heterocycles. The first-order valence-electron chi connectivity index (χ1n) is 10.2. The number of aromatic nitrogens is 3. The zero-order chi connectivity index (χ0) is 24.8. The smallest absolute Gasteiger partial charge is 0.272 e. The van der Waals surface area contributed by atoms with Crippen molar-refractivity contribution in [1.29, 1.82) is 0 Å². The van der Waals surface area contributed by atoms with Gasteiger partial charge in [-0.2, -0.15) is 18.3 Å². The van der Waals surface area contributed by atoms with E-state index in [0.29, 0.717) is 11.0 Å². The minimum absolute atomic E-state index is 0.0677. The van der Waals surface area contributed by atoms with Crippen molar-refractivity contribution in [2.45, 2.75) is 11.3 Å². The van der Waals surface area contributed by atoms with Crippen LogP contribution in [-0.2, 0) is 11.0 Å². The third kappa shape index (κ3) is 6.17. The number of hydrazone groups is 1. The van der Waals surface area contributed by atoms with Crippen molar-refractivity contribution in [1.82, 2.24) is 20.2 Å². The van der Waals surface area contributed by atoms with Gasteiger partial charge in [0.2, 0.25) is 0 Å². The Bertz CT molecular complexity index is 1340. The molecule has 178 valence electrons. The van der Waals surface area contributed by atoms with Crippen LogP contribution in [0, 0.1) is 0 Å². The van der Waals surface area contributed by atoms with Crippen LogP contribution < -0.4 is 5.43 Å². The molecule has 0 fully saturated rings. The summed E-state index contributed by atoms with van der Waals surface area (Å²) in [7, 11) is 0. The lowest BCUT2D eigenvalue weighted by Crippen LogP contribution is -2.20. The average Bonchev–Trinajstić information content (AvgIpc) is 3.27. The number of nitrogens with zero attached hydrogens (tertiary/aromatic N) is 4. The summed E-state index contributed by atoms with van der Waals surface area (Å²) in [6, 6.07) is 22.1. The minimum atomic E-state index is -4.52. The largest absolute Gasteiger partial charge is 0.417 e. The molecule has 0 radical (unpaired) electrons. The van der Waals surface area contributed by atoms with E-state index in [1.165, 1.54) is 18.2 Å². The number of hydrogen-bond donors (Lipinski definition) is 1. The van der Waals surface area contributed by atoms with Crippen molar-refractivity contribution in [3.63, 3.8) is 0 Å². The molecule has 1 heterocycles. The summed E-state index contributed by atoms with van der Waals surface area (Å²) in [4.78, 5) is 12.3. The first-order valence-corrected chi connectivity index (χ1v) is 12.0. The van der Waals surface area contributed by atoms with Gasteiger partial charge < -0.3 is 0 Å². The molecule has 0 bridgehead atoms. The number of carbonyl (C=O) groups is 1. The van der Waals surface area contributed by atoms with Crippen LogP contribution in [0.2, 0.25) is 0 Å². The molecular weight excluding hydrogens is 543 g/mol. The Labute approximate surface area is 211 Å². The SMILES string of the molecule is O=C(CSc1nnc(-c2ccccc2)n1-c1ccc(Br)cc1)NN=Cc1ccccc1C(F)(F)F. The van der Waals surface area contributed by atoms with Gasteiger partial charge in [0.05, 0.1) is 17.5 Å². The highest BCUT2D eigenvalue weighted by molar-refractivity contribution is 9.10. The van der Waals surface area contributed by atoms with Crippen LogP contribution in [0.15, 0.2) is 93.6 Å². The van der Waals surface area contributed by atoms with Crippen molar-refractivity contribution in [2.24, 2.45) is 5.10 Å². The second kappa shape index (κ2) is 10.9. The van der Waals surface area contributed by atoms with Crippen molar-refractivity contribution in [3.05, 3.63) is 94.5 Å². The topological polar surface area (TPSA) is 72.2 Å². The summed E-state index contributed by atoms with van der Waals surface area (Å²) in [6.45, 7) is 0. The molecule has 4 aromatic rings. The van der Waals surface area contributed by atoms with Gasteiger partial charge in [-0.25, -0.2) is 5.43 Å². The van der Waals surface area contributed by atoms with E-state index in [9.17, 15) is 18.0 Å². The van der Waals surface area contributed by atoms with E-state index in [-0.39, 0.29) is 11.3 Å². The standard InChI is InChI=1S/C24H17BrF3N5OS/c25-18-10-12-19(13-11-18)33-22(16-6-2-1-3-7-16)31-32-23(33)35-15-21(34)30-29-14-17-8-4-5-9-20(17)24(26,27)28/h1-14H,15H2,(H,30,34). The highest BCUT2D eigenvalue weighted by Crippen LogP contribution is 2.31. The number of amides is 1. The van der Waals surface area contributed by atoms with Gasteiger partial charge in [0, 0.05) is 21.3 Å². The Morgan fingerprint density at radius 2 is 1.69 bits per heavy atom. The molecule has 11 heteroatoms. The number of carbonyl (C=O) groups excluding carboxylic acids is 1. The molecule has 1 N–H and O–H groups in total. The molecule has 35 heavy (non-hydrogen) atoms. The fourth-order valence-electron chi connectivity index (χ4n) is 3.16. The quantitative estimate of drug-likeness (QED) is 0.172. The van der Waals surface area contributed by atoms with Crippen LogP contribution in [0.4, 0.5) is 13.2 Å². The van der Waals surface area contributed by atoms with Crippen LogP contribution in [-0.4, -0.2) is 32.6 Å². The number of halogens is 4. The Morgan fingerprint density at radius 3 is 2.40 bits per heavy atom. The monoisotopic (exact) mass is 559 g/mol. The van der Waals surface area contributed by atoms with Gasteiger partial charge in [-0.15, -0.1) is 10.2 Å². The van der Waals surface area contributed by atoms with Crippen molar-refractivity contribution >= 4 is 39.8 Å². The van der Waals surface area contributed by atoms with E-state index >= 15 is 0 Å². The van der Waals surface area contributed by atoms with Gasteiger partial charge in [0.15, 0.2) is 11.0 Å². The third-order valence-corrected chi connectivity index (χ3v) is 6.20. The lowest BCUT2D eigenvalue weighted by atomic mass is 10.1. The Kier molecular flexibility index (Phi) is 7.67. The van der Waals surface area contributed by atoms with Crippen LogP contribution in [0.25, 0.3) is 17.1 Å². The molecule has 0 atom stereocenters. The van der Waals surface area contributed by atoms with Crippen molar-refractivity contribution < 1.29 is 18.0 Å². The number of hydrogen-bond acceptors (Lipinski definition) is 5. The minimum Gasteiger partial charge on any atom is -0.272 e. The van der Waals surface area contributed by atoms with Gasteiger partial charge in [-0.05, 0) is 30.3 Å². The number of thioether (sulfide) groups is 1. The van der Waals surface area contributed by atoms with Crippen molar-refractivity contribution in [2.75, 3.05) is 5.75 Å². The number of benzene rings is 3. The average molecular weight is 560 g/mol. The second-order valence-electron chi connectivity index (χ2n) is 7.15. The molecule has 4 rings (SSSR count). The summed E-state index contributed by atoms with van der Waals surface area (Å²) >= 11 is 4.56. The molecule has 0 aliphatic carbocycles. The van der Waals surface area contributed by atoms with Crippen molar-refractivity contribution in [3.8, 4) is 17.1 Å². The lowest BCUT2D eigenvalue weighted by Gasteiger charge is -2.10. The van der Waals surface area contributed by atoms with E-state index in [4.69, 9.17) is 0 Å². The van der Waals surface area contributed by atoms with Crippen LogP contribution >= 0.6 is 27.7 Å². The maximum absolute atomic E-state index is 13.1. The highest BCUT2D eigenvalue weighted by Gasteiger charge is 2.32. The first kappa shape index (κ1) is 24.7. The lowest BCUT2D eigenvalue weighted by molar-refractivity contribution is -0.137. The molecule has 0 unspecified atom stereocenters. The van der Waals surface area contributed by atoms with E-state index < -0.39 is 17.6 Å². The van der Waals surface area contributed by atoms with Crippen LogP contribution in [0.5, 0.6) is 0 Å². The predicted molar refractivity (Wildman–Crippen MR) is 132 cm³/mol. The second-order valence-corrected chi connectivity index (χ2v) is 9.01. The van der Waals surface area contributed by atoms with E-state index in [2.05, 4.69) is 36.7 Å². The molecular formula is C24H17BrF3N5OS. The van der Waals surface area contributed by atoms with E-state index in [1.54, 1.807) is 0 Å². The zero-order valence-corrected chi connectivity index (χ0v) is 20.3. The highest BCUT2D eigenvalue weighted by atomic mass is 79.9. The summed E-state index contributed by atoms with van der Waals surface area (Å²) in [5.41, 5.74) is 2.95. The molecule has 1 amide bonds. The maximum Gasteiger partial charge on any atom is 0.417 e. The van der Waals surface area contributed by atoms with E-state index in [0.717, 1.165) is 39.8 Å². The summed E-state index contributed by atoms with van der Waals surface area (Å²) < 4.78 is 42.0. The zero-order valence-electron chi connectivity index (χ0n) is 17.9. The fourth-order valence-corrected chi connectivity index (χ4v) is 4.17. The summed E-state index contributed by atoms with van der Waals surface area (Å²) in [6.07, 6.45) is -3.54. The Morgan fingerprint density at radius 1 is 1.00 bits per heavy atom.